The van der Waals surface area contributed by atoms with E-state index in [1.54, 1.807) is 14.2 Å². The van der Waals surface area contributed by atoms with Crippen molar-refractivity contribution in [3.05, 3.63) is 72.0 Å². The van der Waals surface area contributed by atoms with E-state index >= 15 is 0 Å². The van der Waals surface area contributed by atoms with Crippen LogP contribution in [0.2, 0.25) is 0 Å². The number of hydrogen-bond donors (Lipinski definition) is 1. The minimum Gasteiger partial charge on any atom is -0.497 e. The lowest BCUT2D eigenvalue weighted by molar-refractivity contribution is -0.0996. The van der Waals surface area contributed by atoms with Crippen molar-refractivity contribution in [1.29, 1.82) is 0 Å². The van der Waals surface area contributed by atoms with Crippen molar-refractivity contribution in [3.8, 4) is 11.5 Å². The molecule has 6 heteroatoms. The molecule has 1 unspecified atom stereocenters. The number of benzene rings is 2. The lowest BCUT2D eigenvalue weighted by Gasteiger charge is -2.10. The van der Waals surface area contributed by atoms with Crippen molar-refractivity contribution >= 4 is 6.21 Å². The van der Waals surface area contributed by atoms with Gasteiger partial charge in [0, 0.05) is 0 Å². The van der Waals surface area contributed by atoms with E-state index in [0.717, 1.165) is 22.6 Å². The standard InChI is InChI=1S/C21H25NO5/c1-16(26-14-17-4-8-19(24-2)9-5-17)12-22-13-21(23)27-15-18-6-10-20(25-3)11-7-18/h4-12,21,23H,1,13-15H2,2-3H3/b22-12-. The third-order valence-electron chi connectivity index (χ3n) is 3.68. The molecule has 0 aliphatic carbocycles. The Kier molecular flexibility index (Phi) is 8.35. The number of aliphatic hydroxyl groups excluding tert-OH is 1. The summed E-state index contributed by atoms with van der Waals surface area (Å²) in [5.74, 6) is 1.98. The average Bonchev–Trinajstić information content (AvgIpc) is 2.71. The van der Waals surface area contributed by atoms with Crippen molar-refractivity contribution in [1.82, 2.24) is 0 Å². The van der Waals surface area contributed by atoms with Gasteiger partial charge in [0.2, 0.25) is 0 Å². The van der Waals surface area contributed by atoms with E-state index in [9.17, 15) is 5.11 Å². The highest BCUT2D eigenvalue weighted by atomic mass is 16.6. The Morgan fingerprint density at radius 1 is 0.963 bits per heavy atom. The number of methoxy groups -OCH3 is 2. The van der Waals surface area contributed by atoms with Gasteiger partial charge in [0.05, 0.1) is 33.6 Å². The van der Waals surface area contributed by atoms with Crippen molar-refractivity contribution in [2.24, 2.45) is 4.99 Å². The maximum atomic E-state index is 9.84. The molecule has 2 rings (SSSR count). The van der Waals surface area contributed by atoms with E-state index in [1.165, 1.54) is 6.21 Å². The summed E-state index contributed by atoms with van der Waals surface area (Å²) in [6, 6.07) is 15.0. The minimum atomic E-state index is -1.00. The molecule has 0 aromatic heterocycles. The second-order valence-corrected chi connectivity index (χ2v) is 5.71. The molecule has 0 aliphatic rings. The van der Waals surface area contributed by atoms with Gasteiger partial charge in [-0.3, -0.25) is 4.99 Å². The Balaban J connectivity index is 1.66. The fourth-order valence-electron chi connectivity index (χ4n) is 2.15. The summed E-state index contributed by atoms with van der Waals surface area (Å²) in [7, 11) is 3.24. The van der Waals surface area contributed by atoms with Crippen LogP contribution in [0.4, 0.5) is 0 Å². The molecular formula is C21H25NO5. The Morgan fingerprint density at radius 2 is 1.48 bits per heavy atom. The van der Waals surface area contributed by atoms with Crippen molar-refractivity contribution < 1.29 is 24.1 Å². The first-order valence-corrected chi connectivity index (χ1v) is 8.47. The number of aliphatic hydroxyl groups is 1. The van der Waals surface area contributed by atoms with E-state index in [1.807, 2.05) is 48.5 Å². The molecule has 1 atom stereocenters. The van der Waals surface area contributed by atoms with Gasteiger partial charge in [-0.25, -0.2) is 0 Å². The highest BCUT2D eigenvalue weighted by Crippen LogP contribution is 2.13. The molecule has 0 fully saturated rings. The zero-order valence-corrected chi connectivity index (χ0v) is 15.6. The van der Waals surface area contributed by atoms with Crippen LogP contribution in [0.5, 0.6) is 11.5 Å². The van der Waals surface area contributed by atoms with Gasteiger partial charge in [0.15, 0.2) is 6.29 Å². The van der Waals surface area contributed by atoms with Gasteiger partial charge in [0.25, 0.3) is 0 Å². The molecule has 0 heterocycles. The Hall–Kier alpha value is -2.83. The van der Waals surface area contributed by atoms with Gasteiger partial charge in [-0.05, 0) is 35.4 Å². The molecular weight excluding hydrogens is 346 g/mol. The van der Waals surface area contributed by atoms with Crippen LogP contribution in [0.25, 0.3) is 0 Å². The summed E-state index contributed by atoms with van der Waals surface area (Å²) in [5.41, 5.74) is 1.93. The first-order chi connectivity index (χ1) is 13.1. The number of nitrogens with zero attached hydrogens (tertiary/aromatic N) is 1. The van der Waals surface area contributed by atoms with E-state index < -0.39 is 6.29 Å². The lowest BCUT2D eigenvalue weighted by Crippen LogP contribution is -2.15. The molecule has 1 N–H and O–H groups in total. The second-order valence-electron chi connectivity index (χ2n) is 5.71. The molecule has 2 aromatic carbocycles. The summed E-state index contributed by atoms with van der Waals surface area (Å²) < 4.78 is 21.1. The zero-order chi connectivity index (χ0) is 19.5. The summed E-state index contributed by atoms with van der Waals surface area (Å²) in [6.45, 7) is 4.55. The smallest absolute Gasteiger partial charge is 0.174 e. The molecule has 0 amide bonds. The first kappa shape index (κ1) is 20.5. The summed E-state index contributed by atoms with van der Waals surface area (Å²) in [4.78, 5) is 4.09. The topological polar surface area (TPSA) is 69.5 Å². The number of hydrogen-bond acceptors (Lipinski definition) is 6. The molecule has 144 valence electrons. The molecule has 0 aliphatic heterocycles. The van der Waals surface area contributed by atoms with Crippen LogP contribution in [-0.4, -0.2) is 38.4 Å². The predicted molar refractivity (Wildman–Crippen MR) is 104 cm³/mol. The van der Waals surface area contributed by atoms with E-state index in [0.29, 0.717) is 12.4 Å². The third kappa shape index (κ3) is 7.52. The van der Waals surface area contributed by atoms with Crippen LogP contribution in [-0.2, 0) is 22.7 Å². The Bertz CT molecular complexity index is 725. The molecule has 0 radical (unpaired) electrons. The summed E-state index contributed by atoms with van der Waals surface area (Å²) >= 11 is 0. The van der Waals surface area contributed by atoms with Gasteiger partial charge in [0.1, 0.15) is 23.9 Å². The fourth-order valence-corrected chi connectivity index (χ4v) is 2.15. The molecule has 0 saturated heterocycles. The average molecular weight is 371 g/mol. The SMILES string of the molecule is C=C(/C=N\CC(O)OCc1ccc(OC)cc1)OCc1ccc(OC)cc1. The summed E-state index contributed by atoms with van der Waals surface area (Å²) in [5, 5.41) is 9.84. The molecule has 27 heavy (non-hydrogen) atoms. The highest BCUT2D eigenvalue weighted by molar-refractivity contribution is 5.74. The van der Waals surface area contributed by atoms with Gasteiger partial charge in [-0.2, -0.15) is 0 Å². The number of allylic oxidation sites excluding steroid dienone is 1. The Labute approximate surface area is 159 Å². The maximum absolute atomic E-state index is 9.84. The molecule has 6 nitrogen and oxygen atoms in total. The predicted octanol–water partition coefficient (Wildman–Crippen LogP) is 3.34. The van der Waals surface area contributed by atoms with Gasteiger partial charge < -0.3 is 24.1 Å². The van der Waals surface area contributed by atoms with Crippen LogP contribution in [0, 0.1) is 0 Å². The third-order valence-corrected chi connectivity index (χ3v) is 3.68. The fraction of sp³-hybridized carbons (Fsp3) is 0.286. The maximum Gasteiger partial charge on any atom is 0.174 e. The molecule has 0 bridgehead atoms. The van der Waals surface area contributed by atoms with E-state index in [4.69, 9.17) is 18.9 Å². The largest absolute Gasteiger partial charge is 0.497 e. The molecule has 0 saturated carbocycles. The van der Waals surface area contributed by atoms with Crippen LogP contribution < -0.4 is 9.47 Å². The van der Waals surface area contributed by atoms with E-state index in [2.05, 4.69) is 11.6 Å². The van der Waals surface area contributed by atoms with Crippen molar-refractivity contribution in [3.63, 3.8) is 0 Å². The lowest BCUT2D eigenvalue weighted by atomic mass is 10.2. The second kappa shape index (κ2) is 11.0. The van der Waals surface area contributed by atoms with Crippen molar-refractivity contribution in [2.45, 2.75) is 19.5 Å². The number of aliphatic imine (C=N–C) groups is 1. The van der Waals surface area contributed by atoms with Crippen molar-refractivity contribution in [2.75, 3.05) is 20.8 Å². The zero-order valence-electron chi connectivity index (χ0n) is 15.6. The van der Waals surface area contributed by atoms with Gasteiger partial charge >= 0.3 is 0 Å². The molecule has 0 spiro atoms. The molecule has 2 aromatic rings. The van der Waals surface area contributed by atoms with Crippen LogP contribution >= 0.6 is 0 Å². The quantitative estimate of drug-likeness (QED) is 0.373. The Morgan fingerprint density at radius 3 is 2.00 bits per heavy atom. The van der Waals surface area contributed by atoms with Gasteiger partial charge in [-0.1, -0.05) is 30.8 Å². The van der Waals surface area contributed by atoms with Crippen LogP contribution in [0.15, 0.2) is 65.9 Å². The van der Waals surface area contributed by atoms with Gasteiger partial charge in [-0.15, -0.1) is 0 Å². The number of rotatable bonds is 11. The highest BCUT2D eigenvalue weighted by Gasteiger charge is 2.04. The van der Waals surface area contributed by atoms with Crippen LogP contribution in [0.3, 0.4) is 0 Å². The number of ether oxygens (including phenoxy) is 4. The first-order valence-electron chi connectivity index (χ1n) is 8.47. The summed E-state index contributed by atoms with van der Waals surface area (Å²) in [6.07, 6.45) is 0.474. The normalized spacial score (nSPS) is 12.0. The minimum absolute atomic E-state index is 0.0983. The van der Waals surface area contributed by atoms with E-state index in [-0.39, 0.29) is 13.2 Å². The monoisotopic (exact) mass is 371 g/mol. The van der Waals surface area contributed by atoms with Crippen LogP contribution in [0.1, 0.15) is 11.1 Å².